The molecular formula is C10H13N5O3. The van der Waals surface area contributed by atoms with E-state index in [4.69, 9.17) is 0 Å². The molecule has 0 saturated heterocycles. The number of hydrogen-bond acceptors (Lipinski definition) is 5. The van der Waals surface area contributed by atoms with E-state index in [1.807, 2.05) is 0 Å². The van der Waals surface area contributed by atoms with E-state index in [0.717, 1.165) is 4.57 Å². The third kappa shape index (κ3) is 1.71. The van der Waals surface area contributed by atoms with Gasteiger partial charge in [-0.2, -0.15) is 0 Å². The number of aryl methyl sites for hydroxylation is 1. The van der Waals surface area contributed by atoms with E-state index in [-0.39, 0.29) is 11.4 Å². The SMILES string of the molecule is Cc1c(O)n(C(C)c2nncn2C)c(=O)[nH]c1=O. The molecule has 0 amide bonds. The van der Waals surface area contributed by atoms with Crippen molar-refractivity contribution in [1.82, 2.24) is 24.3 Å². The number of aromatic hydroxyl groups is 1. The summed E-state index contributed by atoms with van der Waals surface area (Å²) in [6.07, 6.45) is 1.49. The Morgan fingerprint density at radius 1 is 1.44 bits per heavy atom. The van der Waals surface area contributed by atoms with Crippen molar-refractivity contribution in [2.45, 2.75) is 19.9 Å². The standard InChI is InChI=1S/C10H13N5O3/c1-5-8(16)12-10(18)15(9(5)17)6(2)7-13-11-4-14(7)3/h4,6,17H,1-3H3,(H,12,16,18). The van der Waals surface area contributed by atoms with Gasteiger partial charge in [0.1, 0.15) is 6.33 Å². The van der Waals surface area contributed by atoms with Crippen LogP contribution >= 0.6 is 0 Å². The highest BCUT2D eigenvalue weighted by Crippen LogP contribution is 2.19. The summed E-state index contributed by atoms with van der Waals surface area (Å²) < 4.78 is 2.71. The summed E-state index contributed by atoms with van der Waals surface area (Å²) in [5, 5.41) is 17.5. The molecule has 0 saturated carbocycles. The molecule has 96 valence electrons. The average Bonchev–Trinajstić information content (AvgIpc) is 2.72. The topological polar surface area (TPSA) is 106 Å². The highest BCUT2D eigenvalue weighted by molar-refractivity contribution is 5.22. The monoisotopic (exact) mass is 251 g/mol. The van der Waals surface area contributed by atoms with Crippen LogP contribution in [-0.4, -0.2) is 29.4 Å². The Labute approximate surface area is 102 Å². The van der Waals surface area contributed by atoms with Gasteiger partial charge in [0, 0.05) is 7.05 Å². The van der Waals surface area contributed by atoms with Crippen molar-refractivity contribution in [3.8, 4) is 5.88 Å². The van der Waals surface area contributed by atoms with Crippen LogP contribution in [0.5, 0.6) is 5.88 Å². The van der Waals surface area contributed by atoms with E-state index in [9.17, 15) is 14.7 Å². The molecule has 0 bridgehead atoms. The molecule has 0 aliphatic heterocycles. The van der Waals surface area contributed by atoms with E-state index in [1.54, 1.807) is 18.5 Å². The second-order valence-corrected chi connectivity index (χ2v) is 4.05. The Morgan fingerprint density at radius 3 is 2.67 bits per heavy atom. The first kappa shape index (κ1) is 12.1. The third-order valence-electron chi connectivity index (χ3n) is 2.85. The van der Waals surface area contributed by atoms with Crippen molar-refractivity contribution in [3.05, 3.63) is 38.6 Å². The Balaban J connectivity index is 2.66. The summed E-state index contributed by atoms with van der Waals surface area (Å²) >= 11 is 0. The zero-order valence-corrected chi connectivity index (χ0v) is 10.2. The second kappa shape index (κ2) is 4.13. The molecule has 18 heavy (non-hydrogen) atoms. The average molecular weight is 251 g/mol. The third-order valence-corrected chi connectivity index (χ3v) is 2.85. The largest absolute Gasteiger partial charge is 0.494 e. The quantitative estimate of drug-likeness (QED) is 0.733. The lowest BCUT2D eigenvalue weighted by Gasteiger charge is -2.16. The molecule has 0 fully saturated rings. The molecule has 0 aliphatic carbocycles. The predicted molar refractivity (Wildman–Crippen MR) is 62.5 cm³/mol. The summed E-state index contributed by atoms with van der Waals surface area (Å²) in [4.78, 5) is 25.2. The van der Waals surface area contributed by atoms with E-state index in [2.05, 4.69) is 15.2 Å². The van der Waals surface area contributed by atoms with Crippen LogP contribution in [0.3, 0.4) is 0 Å². The fraction of sp³-hybridized carbons (Fsp3) is 0.400. The lowest BCUT2D eigenvalue weighted by molar-refractivity contribution is 0.377. The van der Waals surface area contributed by atoms with Gasteiger partial charge >= 0.3 is 5.69 Å². The smallest absolute Gasteiger partial charge is 0.331 e. The first-order valence-electron chi connectivity index (χ1n) is 5.31. The van der Waals surface area contributed by atoms with Crippen LogP contribution in [-0.2, 0) is 7.05 Å². The Hall–Kier alpha value is -2.38. The Morgan fingerprint density at radius 2 is 2.11 bits per heavy atom. The van der Waals surface area contributed by atoms with Crippen molar-refractivity contribution in [2.24, 2.45) is 7.05 Å². The van der Waals surface area contributed by atoms with Gasteiger partial charge in [0.05, 0.1) is 11.6 Å². The lowest BCUT2D eigenvalue weighted by atomic mass is 10.2. The molecule has 1 atom stereocenters. The highest BCUT2D eigenvalue weighted by atomic mass is 16.3. The van der Waals surface area contributed by atoms with Gasteiger partial charge in [-0.3, -0.25) is 14.3 Å². The van der Waals surface area contributed by atoms with Crippen molar-refractivity contribution in [2.75, 3.05) is 0 Å². The molecule has 0 radical (unpaired) electrons. The molecule has 1 unspecified atom stereocenters. The summed E-state index contributed by atoms with van der Waals surface area (Å²) in [6, 6.07) is -0.541. The van der Waals surface area contributed by atoms with E-state index >= 15 is 0 Å². The van der Waals surface area contributed by atoms with E-state index in [0.29, 0.717) is 5.82 Å². The summed E-state index contributed by atoms with van der Waals surface area (Å²) in [7, 11) is 1.73. The van der Waals surface area contributed by atoms with Gasteiger partial charge in [-0.15, -0.1) is 10.2 Å². The highest BCUT2D eigenvalue weighted by Gasteiger charge is 2.20. The molecule has 0 aromatic carbocycles. The van der Waals surface area contributed by atoms with Crippen LogP contribution in [0.1, 0.15) is 24.4 Å². The van der Waals surface area contributed by atoms with Crippen LogP contribution in [0.2, 0.25) is 0 Å². The van der Waals surface area contributed by atoms with Crippen molar-refractivity contribution in [3.63, 3.8) is 0 Å². The number of nitrogens with one attached hydrogen (secondary N) is 1. The number of aromatic amines is 1. The number of aromatic nitrogens is 5. The van der Waals surface area contributed by atoms with Crippen molar-refractivity contribution in [1.29, 1.82) is 0 Å². The maximum Gasteiger partial charge on any atom is 0.331 e. The van der Waals surface area contributed by atoms with Gasteiger partial charge in [0.2, 0.25) is 5.88 Å². The number of H-pyrrole nitrogens is 1. The van der Waals surface area contributed by atoms with Crippen LogP contribution in [0.25, 0.3) is 0 Å². The van der Waals surface area contributed by atoms with Crippen molar-refractivity contribution < 1.29 is 5.11 Å². The molecule has 0 aliphatic rings. The number of rotatable bonds is 2. The van der Waals surface area contributed by atoms with Gasteiger partial charge in [0.25, 0.3) is 5.56 Å². The molecule has 2 heterocycles. The van der Waals surface area contributed by atoms with Gasteiger partial charge in [-0.1, -0.05) is 0 Å². The first-order valence-corrected chi connectivity index (χ1v) is 5.31. The zero-order chi connectivity index (χ0) is 13.4. The van der Waals surface area contributed by atoms with Crippen LogP contribution in [0, 0.1) is 6.92 Å². The summed E-state index contributed by atoms with van der Waals surface area (Å²) in [5.74, 6) is 0.137. The summed E-state index contributed by atoms with van der Waals surface area (Å²) in [5.41, 5.74) is -1.19. The molecule has 0 spiro atoms. The van der Waals surface area contributed by atoms with Crippen LogP contribution in [0.15, 0.2) is 15.9 Å². The minimum atomic E-state index is -0.682. The molecule has 8 nitrogen and oxygen atoms in total. The van der Waals surface area contributed by atoms with Gasteiger partial charge < -0.3 is 9.67 Å². The minimum absolute atomic E-state index is 0.0867. The van der Waals surface area contributed by atoms with Crippen LogP contribution < -0.4 is 11.2 Å². The first-order chi connectivity index (χ1) is 8.43. The Bertz CT molecular complexity index is 696. The van der Waals surface area contributed by atoms with E-state index in [1.165, 1.54) is 13.3 Å². The van der Waals surface area contributed by atoms with Gasteiger partial charge in [-0.05, 0) is 13.8 Å². The zero-order valence-electron chi connectivity index (χ0n) is 10.2. The molecular weight excluding hydrogens is 238 g/mol. The maximum atomic E-state index is 11.8. The number of hydrogen-bond donors (Lipinski definition) is 2. The molecule has 2 aromatic heterocycles. The van der Waals surface area contributed by atoms with Gasteiger partial charge in [0.15, 0.2) is 5.82 Å². The maximum absolute atomic E-state index is 11.8. The molecule has 2 rings (SSSR count). The second-order valence-electron chi connectivity index (χ2n) is 4.05. The van der Waals surface area contributed by atoms with Crippen molar-refractivity contribution >= 4 is 0 Å². The normalized spacial score (nSPS) is 12.6. The van der Waals surface area contributed by atoms with Crippen LogP contribution in [0.4, 0.5) is 0 Å². The molecule has 2 N–H and O–H groups in total. The molecule has 2 aromatic rings. The Kier molecular flexibility index (Phi) is 2.77. The van der Waals surface area contributed by atoms with Gasteiger partial charge in [-0.25, -0.2) is 4.79 Å². The summed E-state index contributed by atoms with van der Waals surface area (Å²) in [6.45, 7) is 3.12. The minimum Gasteiger partial charge on any atom is -0.494 e. The number of nitrogens with zero attached hydrogens (tertiary/aromatic N) is 4. The fourth-order valence-electron chi connectivity index (χ4n) is 1.77. The lowest BCUT2D eigenvalue weighted by Crippen LogP contribution is -2.34. The van der Waals surface area contributed by atoms with E-state index < -0.39 is 17.3 Å². The molecule has 8 heteroatoms. The predicted octanol–water partition coefficient (Wildman–Crippen LogP) is -0.712. The fourth-order valence-corrected chi connectivity index (χ4v) is 1.77.